The van der Waals surface area contributed by atoms with E-state index in [2.05, 4.69) is 9.98 Å². The van der Waals surface area contributed by atoms with Crippen LogP contribution in [0.4, 0.5) is 0 Å². The van der Waals surface area contributed by atoms with E-state index in [4.69, 9.17) is 9.47 Å². The molecule has 1 amide bonds. The smallest absolute Gasteiger partial charge is 0.261 e. The lowest BCUT2D eigenvalue weighted by molar-refractivity contribution is -0.118. The largest absolute Gasteiger partial charge is 0.497 e. The molecule has 6 heteroatoms. The zero-order valence-electron chi connectivity index (χ0n) is 12.6. The van der Waals surface area contributed by atoms with Gasteiger partial charge in [-0.25, -0.2) is 4.99 Å². The van der Waals surface area contributed by atoms with Crippen molar-refractivity contribution in [2.45, 2.75) is 0 Å². The fourth-order valence-corrected chi connectivity index (χ4v) is 2.87. The van der Waals surface area contributed by atoms with Crippen LogP contribution in [-0.4, -0.2) is 36.3 Å². The van der Waals surface area contributed by atoms with Crippen LogP contribution in [0.5, 0.6) is 11.5 Å². The van der Waals surface area contributed by atoms with Gasteiger partial charge in [0, 0.05) is 11.8 Å². The van der Waals surface area contributed by atoms with Gasteiger partial charge in [0.15, 0.2) is 5.17 Å². The fourth-order valence-electron chi connectivity index (χ4n) is 2.19. The Hall–Kier alpha value is -2.34. The highest BCUT2D eigenvalue weighted by Gasteiger charge is 2.26. The van der Waals surface area contributed by atoms with E-state index >= 15 is 0 Å². The van der Waals surface area contributed by atoms with Gasteiger partial charge in [0.05, 0.1) is 19.4 Å². The first-order chi connectivity index (χ1) is 11.3. The molecule has 23 heavy (non-hydrogen) atoms. The van der Waals surface area contributed by atoms with Gasteiger partial charge >= 0.3 is 0 Å². The Morgan fingerprint density at radius 3 is 2.96 bits per heavy atom. The van der Waals surface area contributed by atoms with Gasteiger partial charge < -0.3 is 9.47 Å². The van der Waals surface area contributed by atoms with Gasteiger partial charge in [-0.05, 0) is 18.2 Å². The maximum Gasteiger partial charge on any atom is 0.261 e. The molecule has 0 bridgehead atoms. The summed E-state index contributed by atoms with van der Waals surface area (Å²) in [5, 5.41) is 0.496. The number of amides is 1. The second kappa shape index (κ2) is 7.28. The second-order valence-electron chi connectivity index (χ2n) is 4.87. The van der Waals surface area contributed by atoms with E-state index in [0.29, 0.717) is 17.5 Å². The lowest BCUT2D eigenvalue weighted by Crippen LogP contribution is -2.26. The minimum Gasteiger partial charge on any atom is -0.497 e. The maximum atomic E-state index is 12.0. The van der Waals surface area contributed by atoms with Gasteiger partial charge in [-0.15, -0.1) is 0 Å². The van der Waals surface area contributed by atoms with Crippen molar-refractivity contribution < 1.29 is 14.3 Å². The Kier molecular flexibility index (Phi) is 4.92. The van der Waals surface area contributed by atoms with Gasteiger partial charge in [-0.2, -0.15) is 4.99 Å². The SMILES string of the molecule is COc1cccc(OCCSC2=NC(=O)C3C=CC=CC3=N2)c1. The first-order valence-corrected chi connectivity index (χ1v) is 8.20. The van der Waals surface area contributed by atoms with Crippen molar-refractivity contribution in [1.29, 1.82) is 0 Å². The monoisotopic (exact) mass is 328 g/mol. The molecule has 2 aliphatic rings. The van der Waals surface area contributed by atoms with Crippen LogP contribution >= 0.6 is 11.8 Å². The lowest BCUT2D eigenvalue weighted by atomic mass is 9.97. The van der Waals surface area contributed by atoms with Crippen molar-refractivity contribution in [3.05, 3.63) is 48.6 Å². The van der Waals surface area contributed by atoms with Crippen molar-refractivity contribution in [3.8, 4) is 11.5 Å². The molecule has 1 unspecified atom stereocenters. The highest BCUT2D eigenvalue weighted by Crippen LogP contribution is 2.21. The summed E-state index contributed by atoms with van der Waals surface area (Å²) in [5.74, 6) is 1.68. The van der Waals surface area contributed by atoms with Crippen molar-refractivity contribution in [2.75, 3.05) is 19.5 Å². The van der Waals surface area contributed by atoms with E-state index < -0.39 is 0 Å². The zero-order valence-corrected chi connectivity index (χ0v) is 13.5. The molecule has 1 heterocycles. The summed E-state index contributed by atoms with van der Waals surface area (Å²) in [6, 6.07) is 7.44. The predicted octanol–water partition coefficient (Wildman–Crippen LogP) is 2.89. The number of rotatable bonds is 5. The van der Waals surface area contributed by atoms with E-state index in [-0.39, 0.29) is 11.8 Å². The van der Waals surface area contributed by atoms with Crippen molar-refractivity contribution >= 4 is 28.5 Å². The lowest BCUT2D eigenvalue weighted by Gasteiger charge is -2.17. The molecule has 0 fully saturated rings. The molecule has 1 atom stereocenters. The number of methoxy groups -OCH3 is 1. The van der Waals surface area contributed by atoms with Crippen molar-refractivity contribution in [1.82, 2.24) is 0 Å². The van der Waals surface area contributed by atoms with E-state index in [0.717, 1.165) is 17.2 Å². The summed E-state index contributed by atoms with van der Waals surface area (Å²) >= 11 is 1.41. The Morgan fingerprint density at radius 2 is 2.09 bits per heavy atom. The summed E-state index contributed by atoms with van der Waals surface area (Å²) in [6.07, 6.45) is 7.39. The molecule has 0 saturated carbocycles. The van der Waals surface area contributed by atoms with Crippen LogP contribution < -0.4 is 9.47 Å². The third kappa shape index (κ3) is 3.90. The molecule has 0 saturated heterocycles. The van der Waals surface area contributed by atoms with Crippen LogP contribution in [0, 0.1) is 5.92 Å². The molecule has 0 N–H and O–H groups in total. The van der Waals surface area contributed by atoms with E-state index in [1.807, 2.05) is 48.6 Å². The first kappa shape index (κ1) is 15.6. The van der Waals surface area contributed by atoms with Gasteiger partial charge in [-0.1, -0.05) is 36.1 Å². The topological polar surface area (TPSA) is 60.2 Å². The highest BCUT2D eigenvalue weighted by atomic mass is 32.2. The molecule has 3 rings (SSSR count). The Morgan fingerprint density at radius 1 is 1.22 bits per heavy atom. The molecular formula is C17H16N2O3S. The number of hydrogen-bond acceptors (Lipinski definition) is 5. The van der Waals surface area contributed by atoms with Crippen LogP contribution in [0.15, 0.2) is 58.6 Å². The average molecular weight is 328 g/mol. The number of carbonyl (C=O) groups is 1. The maximum absolute atomic E-state index is 12.0. The summed E-state index contributed by atoms with van der Waals surface area (Å²) in [4.78, 5) is 20.4. The summed E-state index contributed by atoms with van der Waals surface area (Å²) in [5.41, 5.74) is 0.753. The van der Waals surface area contributed by atoms with E-state index in [9.17, 15) is 4.79 Å². The summed E-state index contributed by atoms with van der Waals surface area (Å²) < 4.78 is 10.8. The van der Waals surface area contributed by atoms with Gasteiger partial charge in [0.1, 0.15) is 17.4 Å². The first-order valence-electron chi connectivity index (χ1n) is 7.22. The molecule has 1 aromatic rings. The molecule has 0 radical (unpaired) electrons. The molecule has 0 spiro atoms. The number of ether oxygens (including phenoxy) is 2. The van der Waals surface area contributed by atoms with Crippen molar-refractivity contribution in [2.24, 2.45) is 15.9 Å². The molecular weight excluding hydrogens is 312 g/mol. The molecule has 0 aromatic heterocycles. The van der Waals surface area contributed by atoms with Crippen LogP contribution in [-0.2, 0) is 4.79 Å². The van der Waals surface area contributed by atoms with Crippen molar-refractivity contribution in [3.63, 3.8) is 0 Å². The fraction of sp³-hybridized carbons (Fsp3) is 0.235. The van der Waals surface area contributed by atoms with E-state index in [1.54, 1.807) is 7.11 Å². The number of thioether (sulfide) groups is 1. The normalized spacial score (nSPS) is 19.0. The molecule has 1 aromatic carbocycles. The molecule has 1 aliphatic heterocycles. The number of nitrogens with zero attached hydrogens (tertiary/aromatic N) is 2. The second-order valence-corrected chi connectivity index (χ2v) is 5.93. The Bertz CT molecular complexity index is 722. The van der Waals surface area contributed by atoms with Crippen LogP contribution in [0.1, 0.15) is 0 Å². The quantitative estimate of drug-likeness (QED) is 0.780. The zero-order chi connectivity index (χ0) is 16.1. The number of fused-ring (bicyclic) bond motifs is 1. The number of benzene rings is 1. The third-order valence-electron chi connectivity index (χ3n) is 3.32. The predicted molar refractivity (Wildman–Crippen MR) is 92.6 cm³/mol. The molecule has 1 aliphatic carbocycles. The number of amidine groups is 1. The van der Waals surface area contributed by atoms with Crippen LogP contribution in [0.3, 0.4) is 0 Å². The summed E-state index contributed by atoms with van der Waals surface area (Å²) in [7, 11) is 1.62. The summed E-state index contributed by atoms with van der Waals surface area (Å²) in [6.45, 7) is 0.495. The van der Waals surface area contributed by atoms with Gasteiger partial charge in [0.25, 0.3) is 5.91 Å². The standard InChI is InChI=1S/C17H16N2O3S/c1-21-12-5-4-6-13(11-12)22-9-10-23-17-18-15-8-3-2-7-14(15)16(20)19-17/h2-8,11,14H,9-10H2,1H3. The Balaban J connectivity index is 1.51. The number of allylic oxidation sites excluding steroid dienone is 3. The van der Waals surface area contributed by atoms with Gasteiger partial charge in [-0.3, -0.25) is 4.79 Å². The number of hydrogen-bond donors (Lipinski definition) is 0. The number of aliphatic imine (C=N–C) groups is 2. The molecule has 5 nitrogen and oxygen atoms in total. The van der Waals surface area contributed by atoms with Crippen LogP contribution in [0.25, 0.3) is 0 Å². The highest BCUT2D eigenvalue weighted by molar-refractivity contribution is 8.13. The molecule has 118 valence electrons. The Labute approximate surface area is 138 Å². The minimum atomic E-state index is -0.322. The average Bonchev–Trinajstić information content (AvgIpc) is 2.59. The third-order valence-corrected chi connectivity index (χ3v) is 4.13. The van der Waals surface area contributed by atoms with Gasteiger partial charge in [0.2, 0.25) is 0 Å². The van der Waals surface area contributed by atoms with Crippen LogP contribution in [0.2, 0.25) is 0 Å². The minimum absolute atomic E-state index is 0.160. The number of carbonyl (C=O) groups excluding carboxylic acids is 1. The van der Waals surface area contributed by atoms with E-state index in [1.165, 1.54) is 11.8 Å².